The zero-order valence-corrected chi connectivity index (χ0v) is 36.5. The molecule has 68 heavy (non-hydrogen) atoms. The van der Waals surface area contributed by atoms with E-state index in [1.165, 1.54) is 43.6 Å². The molecule has 0 fully saturated rings. The molecular formula is C62H37N5O. The molecule has 10 aromatic carbocycles. The molecule has 0 unspecified atom stereocenters. The van der Waals surface area contributed by atoms with Crippen LogP contribution in [0.4, 0.5) is 0 Å². The minimum Gasteiger partial charge on any atom is -0.456 e. The molecule has 0 amide bonds. The average Bonchev–Trinajstić information content (AvgIpc) is 4.04. The van der Waals surface area contributed by atoms with Gasteiger partial charge in [0.05, 0.1) is 49.7 Å². The summed E-state index contributed by atoms with van der Waals surface area (Å²) in [6.45, 7) is 0. The van der Waals surface area contributed by atoms with Crippen molar-refractivity contribution in [3.05, 3.63) is 224 Å². The average molecular weight is 868 g/mol. The van der Waals surface area contributed by atoms with E-state index in [1.54, 1.807) is 0 Å². The first-order chi connectivity index (χ1) is 33.7. The van der Waals surface area contributed by atoms with Gasteiger partial charge in [-0.15, -0.1) is 0 Å². The second kappa shape index (κ2) is 14.1. The number of rotatable bonds is 5. The fourth-order valence-corrected chi connectivity index (χ4v) is 11.0. The van der Waals surface area contributed by atoms with Gasteiger partial charge < -0.3 is 13.9 Å². The second-order valence-electron chi connectivity index (χ2n) is 17.8. The van der Waals surface area contributed by atoms with E-state index in [2.05, 4.69) is 208 Å². The Morgan fingerprint density at radius 1 is 0.309 bits per heavy atom. The molecule has 0 N–H and O–H groups in total. The summed E-state index contributed by atoms with van der Waals surface area (Å²) in [5.74, 6) is 2.18. The molecule has 1 aliphatic rings. The standard InChI is InChI=1S/C62H37N5O/c1-3-14-42(15-4-1)65-52-22-10-7-18-44(52)47-34-38(26-30-54(47)65)40-28-32-56-49(36-40)50-37-41(39-27-31-55-48(35-39)45-19-8-11-23-53(45)66(55)43-16-5-2-6-17-43)29-33-57(50)67(56)62-63-51-21-13-25-59-60(51)61(64-62)46-20-9-12-24-58(46)68-59/h1-37H. The van der Waals surface area contributed by atoms with Crippen molar-refractivity contribution in [1.29, 1.82) is 0 Å². The van der Waals surface area contributed by atoms with Crippen molar-refractivity contribution in [3.63, 3.8) is 0 Å². The Bertz CT molecular complexity index is 4190. The minimum atomic E-state index is 0.618. The Hall–Kier alpha value is -9.26. The summed E-state index contributed by atoms with van der Waals surface area (Å²) in [5, 5.41) is 8.08. The Morgan fingerprint density at radius 3 is 1.28 bits per heavy atom. The molecule has 316 valence electrons. The van der Waals surface area contributed by atoms with E-state index >= 15 is 0 Å². The van der Waals surface area contributed by atoms with Crippen molar-refractivity contribution >= 4 is 76.3 Å². The number of ether oxygens (including phenoxy) is 1. The van der Waals surface area contributed by atoms with Crippen molar-refractivity contribution in [2.45, 2.75) is 0 Å². The largest absolute Gasteiger partial charge is 0.456 e. The molecule has 0 bridgehead atoms. The first-order valence-corrected chi connectivity index (χ1v) is 23.1. The molecule has 4 aromatic heterocycles. The highest BCUT2D eigenvalue weighted by molar-refractivity contribution is 6.15. The van der Waals surface area contributed by atoms with Gasteiger partial charge in [-0.2, -0.15) is 0 Å². The topological polar surface area (TPSA) is 49.8 Å². The van der Waals surface area contributed by atoms with Crippen LogP contribution in [0.3, 0.4) is 0 Å². The third-order valence-electron chi connectivity index (χ3n) is 14.0. The van der Waals surface area contributed by atoms with E-state index in [1.807, 2.05) is 30.3 Å². The number of hydrogen-bond acceptors (Lipinski definition) is 3. The molecule has 0 radical (unpaired) electrons. The Kier molecular flexibility index (Phi) is 7.69. The van der Waals surface area contributed by atoms with Crippen LogP contribution in [0.2, 0.25) is 0 Å². The lowest BCUT2D eigenvalue weighted by atomic mass is 9.98. The molecule has 6 heteroatoms. The molecule has 0 spiro atoms. The molecule has 0 saturated carbocycles. The summed E-state index contributed by atoms with van der Waals surface area (Å²) >= 11 is 0. The van der Waals surface area contributed by atoms with Gasteiger partial charge >= 0.3 is 0 Å². The van der Waals surface area contributed by atoms with Crippen LogP contribution in [-0.2, 0) is 0 Å². The smallest absolute Gasteiger partial charge is 0.235 e. The van der Waals surface area contributed by atoms with E-state index < -0.39 is 0 Å². The lowest BCUT2D eigenvalue weighted by Crippen LogP contribution is -2.06. The summed E-state index contributed by atoms with van der Waals surface area (Å²) in [6, 6.07) is 80.4. The molecule has 0 atom stereocenters. The second-order valence-corrected chi connectivity index (χ2v) is 17.8. The maximum Gasteiger partial charge on any atom is 0.235 e. The predicted octanol–water partition coefficient (Wildman–Crippen LogP) is 16.0. The SMILES string of the molecule is c1ccc(-n2c3ccccc3c3cc(-c4ccc5c(c4)c4cc(-c6ccc7c(c6)c6ccccc6n7-c6ccccc6)ccc4n5-c4nc5c6c(cccc6n4)Oc4ccccc4-5)ccc32)cc1. The maximum atomic E-state index is 6.39. The van der Waals surface area contributed by atoms with Gasteiger partial charge in [0.15, 0.2) is 0 Å². The third kappa shape index (κ3) is 5.34. The first-order valence-electron chi connectivity index (χ1n) is 23.1. The van der Waals surface area contributed by atoms with Gasteiger partial charge in [0, 0.05) is 49.3 Å². The number of nitrogens with zero attached hydrogens (tertiary/aromatic N) is 5. The Morgan fingerprint density at radius 2 is 0.735 bits per heavy atom. The Labute approximate surface area is 389 Å². The lowest BCUT2D eigenvalue weighted by Gasteiger charge is -2.21. The normalized spacial score (nSPS) is 12.2. The van der Waals surface area contributed by atoms with Crippen molar-refractivity contribution in [2.75, 3.05) is 0 Å². The van der Waals surface area contributed by atoms with Gasteiger partial charge in [-0.05, 0) is 131 Å². The summed E-state index contributed by atoms with van der Waals surface area (Å²) in [5.41, 5.74) is 16.4. The number of benzene rings is 10. The monoisotopic (exact) mass is 867 g/mol. The molecule has 1 aliphatic heterocycles. The maximum absolute atomic E-state index is 6.39. The molecule has 14 aromatic rings. The van der Waals surface area contributed by atoms with E-state index in [4.69, 9.17) is 14.7 Å². The molecular weight excluding hydrogens is 831 g/mol. The third-order valence-corrected chi connectivity index (χ3v) is 14.0. The fourth-order valence-electron chi connectivity index (χ4n) is 11.0. The van der Waals surface area contributed by atoms with Gasteiger partial charge in [-0.1, -0.05) is 115 Å². The zero-order chi connectivity index (χ0) is 44.5. The number of hydrogen-bond donors (Lipinski definition) is 0. The molecule has 6 nitrogen and oxygen atoms in total. The van der Waals surface area contributed by atoms with Crippen LogP contribution in [0, 0.1) is 0 Å². The molecule has 15 rings (SSSR count). The van der Waals surface area contributed by atoms with Gasteiger partial charge in [0.1, 0.15) is 11.5 Å². The van der Waals surface area contributed by atoms with Gasteiger partial charge in [0.2, 0.25) is 5.95 Å². The van der Waals surface area contributed by atoms with Gasteiger partial charge in [-0.25, -0.2) is 9.97 Å². The number of para-hydroxylation sites is 5. The predicted molar refractivity (Wildman–Crippen MR) is 279 cm³/mol. The number of fused-ring (bicyclic) bond motifs is 11. The van der Waals surface area contributed by atoms with E-state index in [9.17, 15) is 0 Å². The highest BCUT2D eigenvalue weighted by atomic mass is 16.5. The van der Waals surface area contributed by atoms with Gasteiger partial charge in [-0.3, -0.25) is 4.57 Å². The summed E-state index contributed by atoms with van der Waals surface area (Å²) in [7, 11) is 0. The van der Waals surface area contributed by atoms with Crippen molar-refractivity contribution < 1.29 is 4.74 Å². The summed E-state index contributed by atoms with van der Waals surface area (Å²) < 4.78 is 13.4. The Balaban J connectivity index is 0.961. The van der Waals surface area contributed by atoms with E-state index in [0.717, 1.165) is 89.1 Å². The van der Waals surface area contributed by atoms with Crippen LogP contribution < -0.4 is 4.74 Å². The minimum absolute atomic E-state index is 0.618. The highest BCUT2D eigenvalue weighted by Gasteiger charge is 2.25. The molecule has 5 heterocycles. The first kappa shape index (κ1) is 37.0. The van der Waals surface area contributed by atoms with Crippen molar-refractivity contribution in [1.82, 2.24) is 23.7 Å². The molecule has 0 aliphatic carbocycles. The van der Waals surface area contributed by atoms with Crippen LogP contribution in [0.15, 0.2) is 224 Å². The van der Waals surface area contributed by atoms with Crippen LogP contribution >= 0.6 is 0 Å². The molecule has 0 saturated heterocycles. The van der Waals surface area contributed by atoms with E-state index in [-0.39, 0.29) is 0 Å². The van der Waals surface area contributed by atoms with Crippen molar-refractivity contribution in [2.24, 2.45) is 0 Å². The van der Waals surface area contributed by atoms with Crippen molar-refractivity contribution in [3.8, 4) is 62.3 Å². The van der Waals surface area contributed by atoms with Crippen LogP contribution in [0.25, 0.3) is 127 Å². The van der Waals surface area contributed by atoms with Crippen LogP contribution in [0.5, 0.6) is 11.5 Å². The number of aromatic nitrogens is 5. The van der Waals surface area contributed by atoms with Gasteiger partial charge in [0.25, 0.3) is 0 Å². The summed E-state index contributed by atoms with van der Waals surface area (Å²) in [4.78, 5) is 10.7. The quantitative estimate of drug-likeness (QED) is 0.173. The van der Waals surface area contributed by atoms with Crippen LogP contribution in [0.1, 0.15) is 0 Å². The van der Waals surface area contributed by atoms with E-state index in [0.29, 0.717) is 5.95 Å². The highest BCUT2D eigenvalue weighted by Crippen LogP contribution is 2.46. The lowest BCUT2D eigenvalue weighted by molar-refractivity contribution is 0.486. The zero-order valence-electron chi connectivity index (χ0n) is 36.5. The summed E-state index contributed by atoms with van der Waals surface area (Å²) in [6.07, 6.45) is 0. The fraction of sp³-hybridized carbons (Fsp3) is 0. The van der Waals surface area contributed by atoms with Crippen LogP contribution in [-0.4, -0.2) is 23.7 Å².